The van der Waals surface area contributed by atoms with E-state index in [2.05, 4.69) is 15.1 Å². The first-order valence-corrected chi connectivity index (χ1v) is 11.3. The largest absolute Gasteiger partial charge is 0.465 e. The molecule has 2 aliphatic rings. The highest BCUT2D eigenvalue weighted by atomic mass is 16.6. The minimum Gasteiger partial charge on any atom is -0.465 e. The number of rotatable bonds is 8. The number of amides is 2. The number of amidine groups is 1. The summed E-state index contributed by atoms with van der Waals surface area (Å²) >= 11 is 0. The van der Waals surface area contributed by atoms with E-state index in [9.17, 15) is 14.4 Å². The van der Waals surface area contributed by atoms with E-state index in [-0.39, 0.29) is 29.7 Å². The second-order valence-corrected chi connectivity index (χ2v) is 8.56. The standard InChI is InChI=1S/C23H33N5O5/c1-4-32-20(29)15-27-11-9-26(10-12-27)13-19-14-28(23(31)33-19)18-7-5-17(6-8-18)21(24)25-22(30)16(2)3/h5-8,16,19H,4,9-15H2,1-3H3,(H2,24,25,30)/t19-/m1/s1. The van der Waals surface area contributed by atoms with Crippen LogP contribution in [0.5, 0.6) is 0 Å². The second-order valence-electron chi connectivity index (χ2n) is 8.56. The van der Waals surface area contributed by atoms with Gasteiger partial charge in [0.2, 0.25) is 5.91 Å². The Morgan fingerprint density at radius 3 is 2.39 bits per heavy atom. The molecule has 1 aromatic carbocycles. The van der Waals surface area contributed by atoms with Crippen molar-refractivity contribution in [2.45, 2.75) is 26.9 Å². The number of ether oxygens (including phenoxy) is 2. The van der Waals surface area contributed by atoms with Crippen molar-refractivity contribution in [1.82, 2.24) is 15.1 Å². The minimum absolute atomic E-state index is 0.0317. The third-order valence-electron chi connectivity index (χ3n) is 5.70. The fourth-order valence-electron chi connectivity index (χ4n) is 3.78. The van der Waals surface area contributed by atoms with E-state index in [0.717, 1.165) is 26.2 Å². The SMILES string of the molecule is CCOC(=O)CN1CCN(C[C@@H]2CN(c3ccc(C(=N)NC(=O)C(C)C)cc3)C(=O)O2)CC1. The molecule has 2 fully saturated rings. The first kappa shape index (κ1) is 24.7. The van der Waals surface area contributed by atoms with E-state index in [0.29, 0.717) is 37.5 Å². The number of anilines is 1. The Labute approximate surface area is 194 Å². The molecule has 0 aliphatic carbocycles. The molecule has 0 spiro atoms. The molecule has 0 radical (unpaired) electrons. The van der Waals surface area contributed by atoms with Crippen molar-refractivity contribution in [3.8, 4) is 0 Å². The van der Waals surface area contributed by atoms with Crippen molar-refractivity contribution >= 4 is 29.5 Å². The Bertz CT molecular complexity index is 864. The normalized spacial score (nSPS) is 19.5. The van der Waals surface area contributed by atoms with Crippen LogP contribution in [0.3, 0.4) is 0 Å². The van der Waals surface area contributed by atoms with Crippen LogP contribution >= 0.6 is 0 Å². The Kier molecular flexibility index (Phi) is 8.40. The predicted octanol–water partition coefficient (Wildman–Crippen LogP) is 1.29. The molecule has 0 bridgehead atoms. The first-order valence-electron chi connectivity index (χ1n) is 11.3. The van der Waals surface area contributed by atoms with Crippen molar-refractivity contribution in [2.75, 3.05) is 57.3 Å². The minimum atomic E-state index is -0.392. The number of benzene rings is 1. The van der Waals surface area contributed by atoms with Crippen molar-refractivity contribution < 1.29 is 23.9 Å². The number of nitrogens with zero attached hydrogens (tertiary/aromatic N) is 3. The van der Waals surface area contributed by atoms with Gasteiger partial charge in [0.1, 0.15) is 11.9 Å². The molecule has 10 nitrogen and oxygen atoms in total. The molecule has 1 atom stereocenters. The Balaban J connectivity index is 1.48. The highest BCUT2D eigenvalue weighted by Gasteiger charge is 2.34. The van der Waals surface area contributed by atoms with Gasteiger partial charge in [-0.05, 0) is 31.2 Å². The summed E-state index contributed by atoms with van der Waals surface area (Å²) in [5, 5.41) is 10.6. The fraction of sp³-hybridized carbons (Fsp3) is 0.565. The van der Waals surface area contributed by atoms with Crippen LogP contribution in [0.15, 0.2) is 24.3 Å². The topological polar surface area (TPSA) is 115 Å². The average molecular weight is 460 g/mol. The molecule has 3 rings (SSSR count). The summed E-state index contributed by atoms with van der Waals surface area (Å²) < 4.78 is 10.6. The van der Waals surface area contributed by atoms with E-state index < -0.39 is 6.09 Å². The molecule has 10 heteroatoms. The van der Waals surface area contributed by atoms with E-state index in [4.69, 9.17) is 14.9 Å². The first-order chi connectivity index (χ1) is 15.8. The van der Waals surface area contributed by atoms with Crippen molar-refractivity contribution in [1.29, 1.82) is 5.41 Å². The van der Waals surface area contributed by atoms with Gasteiger partial charge in [-0.25, -0.2) is 4.79 Å². The van der Waals surface area contributed by atoms with Gasteiger partial charge < -0.3 is 14.8 Å². The number of carbonyl (C=O) groups excluding carboxylic acids is 3. The third-order valence-corrected chi connectivity index (χ3v) is 5.70. The van der Waals surface area contributed by atoms with Crippen LogP contribution in [0, 0.1) is 11.3 Å². The lowest BCUT2D eigenvalue weighted by atomic mass is 10.1. The van der Waals surface area contributed by atoms with Crippen molar-refractivity contribution in [2.24, 2.45) is 5.92 Å². The lowest BCUT2D eigenvalue weighted by Gasteiger charge is -2.34. The Morgan fingerprint density at radius 1 is 1.15 bits per heavy atom. The zero-order valence-electron chi connectivity index (χ0n) is 19.5. The van der Waals surface area contributed by atoms with Gasteiger partial charge >= 0.3 is 12.1 Å². The van der Waals surface area contributed by atoms with Crippen LogP contribution in [0.25, 0.3) is 0 Å². The van der Waals surface area contributed by atoms with E-state index in [1.807, 2.05) is 0 Å². The van der Waals surface area contributed by atoms with Gasteiger partial charge in [-0.3, -0.25) is 29.7 Å². The summed E-state index contributed by atoms with van der Waals surface area (Å²) in [6, 6.07) is 6.93. The molecule has 0 saturated carbocycles. The molecule has 2 saturated heterocycles. The highest BCUT2D eigenvalue weighted by molar-refractivity contribution is 6.06. The molecular weight excluding hydrogens is 426 g/mol. The van der Waals surface area contributed by atoms with E-state index in [1.165, 1.54) is 0 Å². The number of nitrogens with one attached hydrogen (secondary N) is 2. The number of piperazine rings is 1. The molecule has 2 amide bonds. The van der Waals surface area contributed by atoms with Crippen LogP contribution < -0.4 is 10.2 Å². The molecule has 2 N–H and O–H groups in total. The third kappa shape index (κ3) is 6.75. The maximum atomic E-state index is 12.4. The van der Waals surface area contributed by atoms with Crippen molar-refractivity contribution in [3.63, 3.8) is 0 Å². The lowest BCUT2D eigenvalue weighted by molar-refractivity contribution is -0.144. The maximum Gasteiger partial charge on any atom is 0.414 e. The summed E-state index contributed by atoms with van der Waals surface area (Å²) in [6.07, 6.45) is -0.630. The molecule has 180 valence electrons. The van der Waals surface area contributed by atoms with Crippen molar-refractivity contribution in [3.05, 3.63) is 29.8 Å². The summed E-state index contributed by atoms with van der Waals surface area (Å²) in [5.41, 5.74) is 1.26. The van der Waals surface area contributed by atoms with Gasteiger partial charge in [0.15, 0.2) is 0 Å². The molecule has 33 heavy (non-hydrogen) atoms. The summed E-state index contributed by atoms with van der Waals surface area (Å²) in [5.74, 6) is -0.586. The van der Waals surface area contributed by atoms with Gasteiger partial charge in [0.05, 0.1) is 19.7 Å². The van der Waals surface area contributed by atoms with Gasteiger partial charge in [0.25, 0.3) is 0 Å². The fourth-order valence-corrected chi connectivity index (χ4v) is 3.78. The Morgan fingerprint density at radius 2 is 1.79 bits per heavy atom. The van der Waals surface area contributed by atoms with Gasteiger partial charge in [-0.2, -0.15) is 0 Å². The Hall–Kier alpha value is -2.98. The van der Waals surface area contributed by atoms with E-state index >= 15 is 0 Å². The summed E-state index contributed by atoms with van der Waals surface area (Å²) in [6.45, 7) is 10.3. The quantitative estimate of drug-likeness (QED) is 0.342. The zero-order chi connectivity index (χ0) is 24.0. The van der Waals surface area contributed by atoms with Crippen LogP contribution in [0.4, 0.5) is 10.5 Å². The number of hydrogen-bond acceptors (Lipinski definition) is 8. The smallest absolute Gasteiger partial charge is 0.414 e. The zero-order valence-corrected chi connectivity index (χ0v) is 19.5. The monoisotopic (exact) mass is 459 g/mol. The highest BCUT2D eigenvalue weighted by Crippen LogP contribution is 2.23. The summed E-state index contributed by atoms with van der Waals surface area (Å²) in [4.78, 5) is 41.8. The summed E-state index contributed by atoms with van der Waals surface area (Å²) in [7, 11) is 0. The number of esters is 1. The average Bonchev–Trinajstić information content (AvgIpc) is 3.15. The number of hydrogen-bond donors (Lipinski definition) is 2. The molecule has 2 heterocycles. The van der Waals surface area contributed by atoms with Gasteiger partial charge in [-0.15, -0.1) is 0 Å². The number of cyclic esters (lactones) is 1. The molecule has 1 aromatic rings. The van der Waals surface area contributed by atoms with Crippen LogP contribution in [-0.2, 0) is 19.1 Å². The number of carbonyl (C=O) groups is 3. The lowest BCUT2D eigenvalue weighted by Crippen LogP contribution is -2.50. The second kappa shape index (κ2) is 11.2. The van der Waals surface area contributed by atoms with E-state index in [1.54, 1.807) is 49.9 Å². The van der Waals surface area contributed by atoms with Gasteiger partial charge in [0, 0.05) is 49.9 Å². The van der Waals surface area contributed by atoms with Gasteiger partial charge in [-0.1, -0.05) is 13.8 Å². The molecule has 0 unspecified atom stereocenters. The van der Waals surface area contributed by atoms with Crippen LogP contribution in [0.2, 0.25) is 0 Å². The predicted molar refractivity (Wildman–Crippen MR) is 123 cm³/mol. The maximum absolute atomic E-state index is 12.4. The molecule has 2 aliphatic heterocycles. The molecular formula is C23H33N5O5. The van der Waals surface area contributed by atoms with Crippen LogP contribution in [-0.4, -0.2) is 92.1 Å². The van der Waals surface area contributed by atoms with Crippen LogP contribution in [0.1, 0.15) is 26.3 Å². The molecule has 0 aromatic heterocycles.